The molecule has 0 aliphatic carbocycles. The Morgan fingerprint density at radius 3 is 2.87 bits per heavy atom. The van der Waals surface area contributed by atoms with Crippen LogP contribution < -0.4 is 11.1 Å². The van der Waals surface area contributed by atoms with Crippen molar-refractivity contribution in [1.82, 2.24) is 0 Å². The van der Waals surface area contributed by atoms with Gasteiger partial charge in [-0.15, -0.1) is 0 Å². The first-order chi connectivity index (χ1) is 7.13. The van der Waals surface area contributed by atoms with E-state index in [1.165, 1.54) is 6.07 Å². The van der Waals surface area contributed by atoms with Crippen LogP contribution >= 0.6 is 0 Å². The number of nitrogens with one attached hydrogen (secondary N) is 1. The molecule has 2 rings (SSSR count). The summed E-state index contributed by atoms with van der Waals surface area (Å²) in [5.74, 6) is -2.54. The fraction of sp³-hybridized carbons (Fsp3) is 0.300. The first-order valence-corrected chi connectivity index (χ1v) is 4.61. The molecule has 0 saturated heterocycles. The molecule has 0 fully saturated rings. The van der Waals surface area contributed by atoms with E-state index in [0.29, 0.717) is 5.56 Å². The van der Waals surface area contributed by atoms with Crippen LogP contribution in [0.2, 0.25) is 0 Å². The van der Waals surface area contributed by atoms with Crippen LogP contribution in [0, 0.1) is 11.6 Å². The zero-order valence-corrected chi connectivity index (χ0v) is 7.89. The molecule has 0 radical (unpaired) electrons. The molecular formula is C10H10F2N2O. The van der Waals surface area contributed by atoms with Crippen LogP contribution in [0.3, 0.4) is 0 Å². The summed E-state index contributed by atoms with van der Waals surface area (Å²) < 4.78 is 26.2. The van der Waals surface area contributed by atoms with Crippen LogP contribution in [0.5, 0.6) is 0 Å². The lowest BCUT2D eigenvalue weighted by Crippen LogP contribution is -2.28. The highest BCUT2D eigenvalue weighted by Crippen LogP contribution is 2.34. The SMILES string of the molecule is NCC1CC(=O)Nc2c1ccc(F)c2F. The molecule has 1 amide bonds. The number of benzene rings is 1. The zero-order chi connectivity index (χ0) is 11.0. The second-order valence-corrected chi connectivity index (χ2v) is 3.51. The van der Waals surface area contributed by atoms with Crippen molar-refractivity contribution in [2.75, 3.05) is 11.9 Å². The van der Waals surface area contributed by atoms with Crippen molar-refractivity contribution in [3.8, 4) is 0 Å². The summed E-state index contributed by atoms with van der Waals surface area (Å²) >= 11 is 0. The topological polar surface area (TPSA) is 55.1 Å². The lowest BCUT2D eigenvalue weighted by Gasteiger charge is -2.24. The van der Waals surface area contributed by atoms with E-state index < -0.39 is 11.6 Å². The average molecular weight is 212 g/mol. The third-order valence-electron chi connectivity index (χ3n) is 2.55. The molecule has 0 aromatic heterocycles. The first-order valence-electron chi connectivity index (χ1n) is 4.61. The van der Waals surface area contributed by atoms with Gasteiger partial charge in [-0.25, -0.2) is 8.78 Å². The maximum atomic E-state index is 13.3. The van der Waals surface area contributed by atoms with Crippen molar-refractivity contribution in [3.05, 3.63) is 29.3 Å². The first kappa shape index (κ1) is 10.0. The average Bonchev–Trinajstić information content (AvgIpc) is 2.23. The molecule has 1 aliphatic rings. The predicted octanol–water partition coefficient (Wildman–Crippen LogP) is 1.35. The van der Waals surface area contributed by atoms with Gasteiger partial charge in [0.1, 0.15) is 0 Å². The monoisotopic (exact) mass is 212 g/mol. The fourth-order valence-corrected chi connectivity index (χ4v) is 1.77. The van der Waals surface area contributed by atoms with Gasteiger partial charge < -0.3 is 11.1 Å². The number of anilines is 1. The van der Waals surface area contributed by atoms with Gasteiger partial charge in [0.15, 0.2) is 11.6 Å². The van der Waals surface area contributed by atoms with Gasteiger partial charge in [0.05, 0.1) is 5.69 Å². The number of carbonyl (C=O) groups excluding carboxylic acids is 1. The summed E-state index contributed by atoms with van der Waals surface area (Å²) in [6.07, 6.45) is 0.217. The van der Waals surface area contributed by atoms with Gasteiger partial charge in [0.25, 0.3) is 0 Å². The molecule has 0 spiro atoms. The number of amides is 1. The molecule has 1 aromatic rings. The molecule has 1 atom stereocenters. The summed E-state index contributed by atoms with van der Waals surface area (Å²) in [6, 6.07) is 2.51. The number of hydrogen-bond donors (Lipinski definition) is 2. The molecule has 0 saturated carbocycles. The molecule has 80 valence electrons. The molecule has 15 heavy (non-hydrogen) atoms. The Bertz CT molecular complexity index is 420. The van der Waals surface area contributed by atoms with Crippen LogP contribution in [0.15, 0.2) is 12.1 Å². The normalized spacial score (nSPS) is 19.7. The van der Waals surface area contributed by atoms with E-state index in [9.17, 15) is 13.6 Å². The van der Waals surface area contributed by atoms with Crippen molar-refractivity contribution in [1.29, 1.82) is 0 Å². The minimum absolute atomic E-state index is 0.0679. The third kappa shape index (κ3) is 1.59. The van der Waals surface area contributed by atoms with Crippen LogP contribution in [0.4, 0.5) is 14.5 Å². The van der Waals surface area contributed by atoms with E-state index >= 15 is 0 Å². The van der Waals surface area contributed by atoms with Crippen molar-refractivity contribution < 1.29 is 13.6 Å². The molecule has 1 aromatic carbocycles. The number of halogens is 2. The van der Waals surface area contributed by atoms with E-state index in [4.69, 9.17) is 5.73 Å². The second kappa shape index (κ2) is 3.58. The van der Waals surface area contributed by atoms with Crippen LogP contribution in [-0.4, -0.2) is 12.5 Å². The second-order valence-electron chi connectivity index (χ2n) is 3.51. The van der Waals surface area contributed by atoms with Crippen molar-refractivity contribution in [2.24, 2.45) is 5.73 Å². The summed E-state index contributed by atoms with van der Waals surface area (Å²) in [6.45, 7) is 0.242. The van der Waals surface area contributed by atoms with Crippen molar-refractivity contribution in [2.45, 2.75) is 12.3 Å². The van der Waals surface area contributed by atoms with Gasteiger partial charge in [-0.2, -0.15) is 0 Å². The summed E-state index contributed by atoms with van der Waals surface area (Å²) in [7, 11) is 0. The lowest BCUT2D eigenvalue weighted by atomic mass is 9.90. The third-order valence-corrected chi connectivity index (χ3v) is 2.55. The van der Waals surface area contributed by atoms with E-state index in [0.717, 1.165) is 6.07 Å². The number of carbonyl (C=O) groups is 1. The minimum atomic E-state index is -1.01. The quantitative estimate of drug-likeness (QED) is 0.738. The van der Waals surface area contributed by atoms with Gasteiger partial charge in [-0.1, -0.05) is 6.07 Å². The Kier molecular flexibility index (Phi) is 2.40. The molecular weight excluding hydrogens is 202 g/mol. The zero-order valence-electron chi connectivity index (χ0n) is 7.89. The standard InChI is InChI=1S/C10H10F2N2O/c11-7-2-1-6-5(4-13)3-8(15)14-10(6)9(7)12/h1-2,5H,3-4,13H2,(H,14,15). The van der Waals surface area contributed by atoms with E-state index in [-0.39, 0.29) is 30.5 Å². The molecule has 1 aliphatic heterocycles. The van der Waals surface area contributed by atoms with E-state index in [1.54, 1.807) is 0 Å². The maximum Gasteiger partial charge on any atom is 0.225 e. The highest BCUT2D eigenvalue weighted by molar-refractivity contribution is 5.94. The fourth-order valence-electron chi connectivity index (χ4n) is 1.77. The summed E-state index contributed by atoms with van der Waals surface area (Å²) in [5, 5.41) is 2.32. The van der Waals surface area contributed by atoms with Crippen LogP contribution in [0.1, 0.15) is 17.9 Å². The lowest BCUT2D eigenvalue weighted by molar-refractivity contribution is -0.116. The predicted molar refractivity (Wildman–Crippen MR) is 51.4 cm³/mol. The minimum Gasteiger partial charge on any atom is -0.330 e. The number of rotatable bonds is 1. The highest BCUT2D eigenvalue weighted by atomic mass is 19.2. The van der Waals surface area contributed by atoms with Gasteiger partial charge in [-0.3, -0.25) is 4.79 Å². The molecule has 3 nitrogen and oxygen atoms in total. The van der Waals surface area contributed by atoms with E-state index in [1.807, 2.05) is 0 Å². The number of fused-ring (bicyclic) bond motifs is 1. The molecule has 5 heteroatoms. The van der Waals surface area contributed by atoms with Gasteiger partial charge in [-0.05, 0) is 18.2 Å². The van der Waals surface area contributed by atoms with Gasteiger partial charge in [0.2, 0.25) is 5.91 Å². The Morgan fingerprint density at radius 2 is 2.20 bits per heavy atom. The largest absolute Gasteiger partial charge is 0.330 e. The smallest absolute Gasteiger partial charge is 0.225 e. The Morgan fingerprint density at radius 1 is 1.47 bits per heavy atom. The molecule has 1 heterocycles. The number of hydrogen-bond acceptors (Lipinski definition) is 2. The van der Waals surface area contributed by atoms with Crippen LogP contribution in [-0.2, 0) is 4.79 Å². The van der Waals surface area contributed by atoms with Gasteiger partial charge in [0, 0.05) is 12.3 Å². The Labute approximate surface area is 85.3 Å². The Balaban J connectivity index is 2.55. The highest BCUT2D eigenvalue weighted by Gasteiger charge is 2.27. The molecule has 1 unspecified atom stereocenters. The Hall–Kier alpha value is -1.49. The summed E-state index contributed by atoms with van der Waals surface area (Å²) in [4.78, 5) is 11.2. The molecule has 0 bridgehead atoms. The van der Waals surface area contributed by atoms with Gasteiger partial charge >= 0.3 is 0 Å². The van der Waals surface area contributed by atoms with E-state index in [2.05, 4.69) is 5.32 Å². The van der Waals surface area contributed by atoms with Crippen LogP contribution in [0.25, 0.3) is 0 Å². The van der Waals surface area contributed by atoms with Crippen molar-refractivity contribution >= 4 is 11.6 Å². The number of nitrogens with two attached hydrogens (primary N) is 1. The summed E-state index contributed by atoms with van der Waals surface area (Å²) in [5.41, 5.74) is 5.97. The molecule has 3 N–H and O–H groups in total. The van der Waals surface area contributed by atoms with Crippen molar-refractivity contribution in [3.63, 3.8) is 0 Å². The maximum absolute atomic E-state index is 13.3.